The number of hydrogen-bond donors (Lipinski definition) is 2. The summed E-state index contributed by atoms with van der Waals surface area (Å²) in [5, 5.41) is 0. The van der Waals surface area contributed by atoms with Crippen molar-refractivity contribution in [2.45, 2.75) is 25.4 Å². The van der Waals surface area contributed by atoms with Crippen LogP contribution in [-0.4, -0.2) is 24.5 Å². The lowest BCUT2D eigenvalue weighted by molar-refractivity contribution is 0.138. The number of hydrazine groups is 1. The molecule has 3 N–H and O–H groups in total. The highest BCUT2D eigenvalue weighted by molar-refractivity contribution is 5.23. The van der Waals surface area contributed by atoms with Crippen molar-refractivity contribution in [2.24, 2.45) is 5.84 Å². The number of nitrogens with one attached hydrogen (secondary N) is 1. The third-order valence-electron chi connectivity index (χ3n) is 3.21. The third-order valence-corrected chi connectivity index (χ3v) is 3.21. The van der Waals surface area contributed by atoms with E-state index in [0.29, 0.717) is 0 Å². The summed E-state index contributed by atoms with van der Waals surface area (Å²) in [6.07, 6.45) is 0. The highest BCUT2D eigenvalue weighted by Crippen LogP contribution is 2.28. The first kappa shape index (κ1) is 13.1. The summed E-state index contributed by atoms with van der Waals surface area (Å²) < 4.78 is 13.2. The lowest BCUT2D eigenvalue weighted by atomic mass is 9.88. The molecular formula is C12H20FN3. The number of likely N-dealkylation sites (N-methyl/N-ethyl adjacent to an activating group) is 1. The molecule has 1 atom stereocenters. The molecule has 16 heavy (non-hydrogen) atoms. The first-order chi connectivity index (χ1) is 7.39. The zero-order chi connectivity index (χ0) is 12.3. The highest BCUT2D eigenvalue weighted by atomic mass is 19.1. The summed E-state index contributed by atoms with van der Waals surface area (Å²) in [7, 11) is 3.95. The predicted octanol–water partition coefficient (Wildman–Crippen LogP) is 1.67. The summed E-state index contributed by atoms with van der Waals surface area (Å²) >= 11 is 0. The fraction of sp³-hybridized carbons (Fsp3) is 0.500. The fourth-order valence-electron chi connectivity index (χ4n) is 1.65. The molecule has 3 nitrogen and oxygen atoms in total. The molecule has 0 bridgehead atoms. The van der Waals surface area contributed by atoms with Crippen molar-refractivity contribution in [1.82, 2.24) is 10.3 Å². The van der Waals surface area contributed by atoms with Gasteiger partial charge in [0.25, 0.3) is 0 Å². The molecule has 0 saturated heterocycles. The third kappa shape index (κ3) is 2.58. The van der Waals surface area contributed by atoms with Crippen LogP contribution in [0.3, 0.4) is 0 Å². The first-order valence-corrected chi connectivity index (χ1v) is 5.28. The molecule has 0 aliphatic heterocycles. The molecule has 0 aromatic heterocycles. The molecule has 0 radical (unpaired) electrons. The molecule has 1 aromatic rings. The number of hydrogen-bond acceptors (Lipinski definition) is 3. The molecule has 1 unspecified atom stereocenters. The Morgan fingerprint density at radius 1 is 1.38 bits per heavy atom. The van der Waals surface area contributed by atoms with E-state index >= 15 is 0 Å². The van der Waals surface area contributed by atoms with Gasteiger partial charge in [-0.2, -0.15) is 0 Å². The van der Waals surface area contributed by atoms with Crippen molar-refractivity contribution in [2.75, 3.05) is 14.1 Å². The molecule has 1 aromatic carbocycles. The van der Waals surface area contributed by atoms with Crippen LogP contribution in [0.5, 0.6) is 0 Å². The molecule has 0 heterocycles. The standard InChI is InChI=1S/C12H20FN3/c1-12(2,16(3)4)11(15-14)9-6-5-7-10(13)8-9/h5-8,11,15H,14H2,1-4H3. The van der Waals surface area contributed by atoms with E-state index in [4.69, 9.17) is 5.84 Å². The molecule has 0 aliphatic carbocycles. The summed E-state index contributed by atoms with van der Waals surface area (Å²) in [5.74, 6) is 5.34. The Morgan fingerprint density at radius 2 is 2.00 bits per heavy atom. The van der Waals surface area contributed by atoms with Crippen molar-refractivity contribution < 1.29 is 4.39 Å². The Bertz CT molecular complexity index is 350. The van der Waals surface area contributed by atoms with Gasteiger partial charge in [-0.3, -0.25) is 11.3 Å². The number of halogens is 1. The van der Waals surface area contributed by atoms with Gasteiger partial charge < -0.3 is 4.90 Å². The zero-order valence-electron chi connectivity index (χ0n) is 10.3. The van der Waals surface area contributed by atoms with Gasteiger partial charge in [0.15, 0.2) is 0 Å². The van der Waals surface area contributed by atoms with Gasteiger partial charge in [-0.15, -0.1) is 0 Å². The molecular weight excluding hydrogens is 205 g/mol. The SMILES string of the molecule is CN(C)C(C)(C)C(NN)c1cccc(F)c1. The molecule has 0 spiro atoms. The maximum atomic E-state index is 13.2. The van der Waals surface area contributed by atoms with Crippen LogP contribution in [0.2, 0.25) is 0 Å². The normalized spacial score (nSPS) is 14.2. The van der Waals surface area contributed by atoms with E-state index in [1.54, 1.807) is 6.07 Å². The number of nitrogens with two attached hydrogens (primary N) is 1. The molecule has 0 fully saturated rings. The molecule has 1 rings (SSSR count). The average molecular weight is 225 g/mol. The molecule has 90 valence electrons. The molecule has 0 saturated carbocycles. The summed E-state index contributed by atoms with van der Waals surface area (Å²) in [4.78, 5) is 2.06. The van der Waals surface area contributed by atoms with Gasteiger partial charge in [-0.1, -0.05) is 12.1 Å². The van der Waals surface area contributed by atoms with Gasteiger partial charge in [0.1, 0.15) is 5.82 Å². The Morgan fingerprint density at radius 3 is 2.44 bits per heavy atom. The minimum Gasteiger partial charge on any atom is -0.302 e. The van der Waals surface area contributed by atoms with E-state index in [2.05, 4.69) is 24.2 Å². The van der Waals surface area contributed by atoms with Gasteiger partial charge in [-0.05, 0) is 45.6 Å². The van der Waals surface area contributed by atoms with Crippen LogP contribution < -0.4 is 11.3 Å². The monoisotopic (exact) mass is 225 g/mol. The maximum Gasteiger partial charge on any atom is 0.123 e. The van der Waals surface area contributed by atoms with Crippen LogP contribution in [0.1, 0.15) is 25.5 Å². The quantitative estimate of drug-likeness (QED) is 0.605. The number of rotatable bonds is 4. The van der Waals surface area contributed by atoms with Gasteiger partial charge >= 0.3 is 0 Å². The Labute approximate surface area is 96.4 Å². The number of benzene rings is 1. The Balaban J connectivity index is 3.08. The van der Waals surface area contributed by atoms with Gasteiger partial charge in [0, 0.05) is 5.54 Å². The first-order valence-electron chi connectivity index (χ1n) is 5.28. The van der Waals surface area contributed by atoms with Crippen molar-refractivity contribution in [3.8, 4) is 0 Å². The second-order valence-electron chi connectivity index (χ2n) is 4.70. The van der Waals surface area contributed by atoms with E-state index in [1.807, 2.05) is 20.2 Å². The lowest BCUT2D eigenvalue weighted by Gasteiger charge is -2.40. The largest absolute Gasteiger partial charge is 0.302 e. The Hall–Kier alpha value is -0.970. The minimum atomic E-state index is -0.243. The van der Waals surface area contributed by atoms with Gasteiger partial charge in [-0.25, -0.2) is 4.39 Å². The van der Waals surface area contributed by atoms with Crippen molar-refractivity contribution >= 4 is 0 Å². The van der Waals surface area contributed by atoms with Crippen LogP contribution in [0.4, 0.5) is 4.39 Å². The van der Waals surface area contributed by atoms with E-state index in [9.17, 15) is 4.39 Å². The summed E-state index contributed by atoms with van der Waals surface area (Å²) in [6, 6.07) is 6.38. The fourth-order valence-corrected chi connectivity index (χ4v) is 1.65. The van der Waals surface area contributed by atoms with E-state index in [0.717, 1.165) is 5.56 Å². The highest BCUT2D eigenvalue weighted by Gasteiger charge is 2.32. The zero-order valence-corrected chi connectivity index (χ0v) is 10.3. The van der Waals surface area contributed by atoms with Crippen molar-refractivity contribution in [1.29, 1.82) is 0 Å². The second-order valence-corrected chi connectivity index (χ2v) is 4.70. The van der Waals surface area contributed by atoms with Crippen LogP contribution in [0, 0.1) is 5.82 Å². The maximum absolute atomic E-state index is 13.2. The molecule has 4 heteroatoms. The van der Waals surface area contributed by atoms with Gasteiger partial charge in [0.2, 0.25) is 0 Å². The van der Waals surface area contributed by atoms with E-state index in [1.165, 1.54) is 12.1 Å². The average Bonchev–Trinajstić information content (AvgIpc) is 2.18. The van der Waals surface area contributed by atoms with E-state index in [-0.39, 0.29) is 17.4 Å². The van der Waals surface area contributed by atoms with Crippen molar-refractivity contribution in [3.63, 3.8) is 0 Å². The van der Waals surface area contributed by atoms with Gasteiger partial charge in [0.05, 0.1) is 6.04 Å². The van der Waals surface area contributed by atoms with Crippen LogP contribution in [0.15, 0.2) is 24.3 Å². The van der Waals surface area contributed by atoms with Crippen LogP contribution in [0.25, 0.3) is 0 Å². The summed E-state index contributed by atoms with van der Waals surface area (Å²) in [6.45, 7) is 4.12. The topological polar surface area (TPSA) is 41.3 Å². The predicted molar refractivity (Wildman–Crippen MR) is 64.2 cm³/mol. The minimum absolute atomic E-state index is 0.127. The molecule has 0 amide bonds. The number of nitrogens with zero attached hydrogens (tertiary/aromatic N) is 1. The Kier molecular flexibility index (Phi) is 4.02. The van der Waals surface area contributed by atoms with Crippen molar-refractivity contribution in [3.05, 3.63) is 35.6 Å². The lowest BCUT2D eigenvalue weighted by Crippen LogP contribution is -2.51. The van der Waals surface area contributed by atoms with Crippen LogP contribution in [-0.2, 0) is 0 Å². The van der Waals surface area contributed by atoms with E-state index < -0.39 is 0 Å². The van der Waals surface area contributed by atoms with Crippen LogP contribution >= 0.6 is 0 Å². The molecule has 0 aliphatic rings. The second kappa shape index (κ2) is 4.91. The smallest absolute Gasteiger partial charge is 0.123 e. The summed E-state index contributed by atoms with van der Waals surface area (Å²) in [5.41, 5.74) is 3.40.